The molecule has 3 rings (SSSR count). The Hall–Kier alpha value is -3.35. The Morgan fingerprint density at radius 2 is 1.72 bits per heavy atom. The lowest BCUT2D eigenvalue weighted by molar-refractivity contribution is 0.417. The van der Waals surface area contributed by atoms with Crippen LogP contribution in [0, 0.1) is 0 Å². The van der Waals surface area contributed by atoms with Gasteiger partial charge in [0.05, 0.1) is 19.0 Å². The molecule has 0 fully saturated rings. The normalized spacial score (nSPS) is 10.2. The first kappa shape index (κ1) is 16.5. The number of rotatable bonds is 6. The molecule has 2 aromatic carbocycles. The maximum absolute atomic E-state index is 5.33. The molecule has 0 bridgehead atoms. The highest BCUT2D eigenvalue weighted by Gasteiger charge is 2.06. The lowest BCUT2D eigenvalue weighted by atomic mass is 10.2. The number of hydrogen-bond donors (Lipinski definition) is 2. The largest absolute Gasteiger partial charge is 0.495 e. The minimum Gasteiger partial charge on any atom is -0.495 e. The highest BCUT2D eigenvalue weighted by atomic mass is 16.5. The monoisotopic (exact) mass is 336 g/mol. The number of methoxy groups -OCH3 is 1. The average molecular weight is 336 g/mol. The third-order valence-corrected chi connectivity index (χ3v) is 3.57. The maximum Gasteiger partial charge on any atom is 0.249 e. The zero-order valence-corrected chi connectivity index (χ0v) is 14.4. The van der Waals surface area contributed by atoms with Crippen LogP contribution in [0.2, 0.25) is 0 Å². The first-order chi connectivity index (χ1) is 12.2. The summed E-state index contributed by atoms with van der Waals surface area (Å²) in [6, 6.07) is 15.6. The predicted octanol–water partition coefficient (Wildman–Crippen LogP) is 3.43. The third-order valence-electron chi connectivity index (χ3n) is 3.57. The van der Waals surface area contributed by atoms with Gasteiger partial charge in [-0.3, -0.25) is 0 Å². The van der Waals surface area contributed by atoms with Gasteiger partial charge in [0.15, 0.2) is 5.82 Å². The van der Waals surface area contributed by atoms with Gasteiger partial charge in [0.25, 0.3) is 0 Å². The molecule has 0 saturated carbocycles. The van der Waals surface area contributed by atoms with Crippen molar-refractivity contribution in [2.45, 2.75) is 0 Å². The van der Waals surface area contributed by atoms with Crippen molar-refractivity contribution in [3.63, 3.8) is 0 Å². The molecule has 1 aromatic heterocycles. The first-order valence-electron chi connectivity index (χ1n) is 7.80. The topological polar surface area (TPSA) is 75.2 Å². The summed E-state index contributed by atoms with van der Waals surface area (Å²) >= 11 is 0. The Balaban J connectivity index is 1.75. The minimum atomic E-state index is 0.414. The van der Waals surface area contributed by atoms with Gasteiger partial charge in [-0.05, 0) is 36.4 Å². The Labute approximate surface area is 146 Å². The highest BCUT2D eigenvalue weighted by Crippen LogP contribution is 2.26. The quantitative estimate of drug-likeness (QED) is 0.714. The Kier molecular flexibility index (Phi) is 4.94. The molecule has 0 aliphatic rings. The summed E-state index contributed by atoms with van der Waals surface area (Å²) < 4.78 is 5.33. The van der Waals surface area contributed by atoms with Crippen LogP contribution in [0.15, 0.2) is 54.7 Å². The van der Waals surface area contributed by atoms with Crippen LogP contribution in [0.25, 0.3) is 0 Å². The van der Waals surface area contributed by atoms with Crippen LogP contribution in [0.4, 0.5) is 28.8 Å². The van der Waals surface area contributed by atoms with E-state index in [0.717, 1.165) is 22.8 Å². The summed E-state index contributed by atoms with van der Waals surface area (Å²) in [4.78, 5) is 6.48. The second kappa shape index (κ2) is 7.48. The second-order valence-electron chi connectivity index (χ2n) is 5.56. The van der Waals surface area contributed by atoms with Gasteiger partial charge in [-0.25, -0.2) is 0 Å². The number of nitrogens with zero attached hydrogens (tertiary/aromatic N) is 4. The molecule has 0 aliphatic heterocycles. The Morgan fingerprint density at radius 3 is 2.44 bits per heavy atom. The number of benzene rings is 2. The molecule has 0 atom stereocenters. The van der Waals surface area contributed by atoms with E-state index in [1.54, 1.807) is 13.3 Å². The lowest BCUT2D eigenvalue weighted by Gasteiger charge is -2.13. The fourth-order valence-electron chi connectivity index (χ4n) is 2.27. The number of para-hydroxylation sites is 2. The van der Waals surface area contributed by atoms with Crippen LogP contribution < -0.4 is 20.3 Å². The molecule has 25 heavy (non-hydrogen) atoms. The average Bonchev–Trinajstić information content (AvgIpc) is 2.63. The molecule has 0 saturated heterocycles. The Bertz CT molecular complexity index is 835. The van der Waals surface area contributed by atoms with Crippen molar-refractivity contribution >= 4 is 28.8 Å². The van der Waals surface area contributed by atoms with Gasteiger partial charge in [0.2, 0.25) is 5.95 Å². The van der Waals surface area contributed by atoms with Crippen LogP contribution >= 0.6 is 0 Å². The Morgan fingerprint density at radius 1 is 0.960 bits per heavy atom. The number of aromatic nitrogens is 3. The molecule has 0 spiro atoms. The molecule has 0 radical (unpaired) electrons. The van der Waals surface area contributed by atoms with Crippen molar-refractivity contribution in [3.05, 3.63) is 54.7 Å². The molecule has 7 heteroatoms. The van der Waals surface area contributed by atoms with Crippen molar-refractivity contribution in [2.75, 3.05) is 36.7 Å². The van der Waals surface area contributed by atoms with Crippen LogP contribution in [0.1, 0.15) is 0 Å². The zero-order valence-electron chi connectivity index (χ0n) is 14.4. The summed E-state index contributed by atoms with van der Waals surface area (Å²) in [6.45, 7) is 0. The van der Waals surface area contributed by atoms with E-state index in [9.17, 15) is 0 Å². The van der Waals surface area contributed by atoms with E-state index >= 15 is 0 Å². The number of nitrogens with one attached hydrogen (secondary N) is 2. The van der Waals surface area contributed by atoms with Gasteiger partial charge >= 0.3 is 0 Å². The maximum atomic E-state index is 5.33. The standard InChI is InChI=1S/C18H20N6O/c1-24(2)14-10-8-13(9-11-14)20-18-22-17(12-19-23-18)21-15-6-4-5-7-16(15)25-3/h4-12H,1-3H3,(H2,20,21,22,23). The van der Waals surface area contributed by atoms with Crippen molar-refractivity contribution in [1.29, 1.82) is 0 Å². The van der Waals surface area contributed by atoms with Crippen molar-refractivity contribution < 1.29 is 4.74 Å². The molecule has 7 nitrogen and oxygen atoms in total. The fraction of sp³-hybridized carbons (Fsp3) is 0.167. The summed E-state index contributed by atoms with van der Waals surface area (Å²) in [5.41, 5.74) is 2.82. The number of hydrogen-bond acceptors (Lipinski definition) is 7. The van der Waals surface area contributed by atoms with Crippen molar-refractivity contribution in [3.8, 4) is 5.75 Å². The molecule has 0 amide bonds. The van der Waals surface area contributed by atoms with E-state index in [1.165, 1.54) is 0 Å². The first-order valence-corrected chi connectivity index (χ1v) is 7.80. The second-order valence-corrected chi connectivity index (χ2v) is 5.56. The smallest absolute Gasteiger partial charge is 0.249 e. The van der Waals surface area contributed by atoms with Crippen LogP contribution in [0.3, 0.4) is 0 Å². The summed E-state index contributed by atoms with van der Waals surface area (Å²) in [5.74, 6) is 1.72. The predicted molar refractivity (Wildman–Crippen MR) is 100 cm³/mol. The molecular weight excluding hydrogens is 316 g/mol. The molecule has 1 heterocycles. The third kappa shape index (κ3) is 4.14. The molecule has 3 aromatic rings. The van der Waals surface area contributed by atoms with Gasteiger partial charge in [-0.1, -0.05) is 12.1 Å². The number of anilines is 5. The summed E-state index contributed by atoms with van der Waals surface area (Å²) in [7, 11) is 5.63. The lowest BCUT2D eigenvalue weighted by Crippen LogP contribution is -2.08. The SMILES string of the molecule is COc1ccccc1Nc1cnnc(Nc2ccc(N(C)C)cc2)n1. The molecule has 0 aliphatic carbocycles. The van der Waals surface area contributed by atoms with Crippen LogP contribution in [0.5, 0.6) is 5.75 Å². The number of ether oxygens (including phenoxy) is 1. The summed E-state index contributed by atoms with van der Waals surface area (Å²) in [5, 5.41) is 14.4. The minimum absolute atomic E-state index is 0.414. The van der Waals surface area contributed by atoms with Gasteiger partial charge in [0.1, 0.15) is 5.75 Å². The van der Waals surface area contributed by atoms with Gasteiger partial charge in [-0.2, -0.15) is 10.1 Å². The van der Waals surface area contributed by atoms with Gasteiger partial charge in [0, 0.05) is 25.5 Å². The molecule has 2 N–H and O–H groups in total. The molecular formula is C18H20N6O. The van der Waals surface area contributed by atoms with E-state index in [-0.39, 0.29) is 0 Å². The van der Waals surface area contributed by atoms with Crippen LogP contribution in [-0.2, 0) is 0 Å². The van der Waals surface area contributed by atoms with Crippen LogP contribution in [-0.4, -0.2) is 36.4 Å². The van der Waals surface area contributed by atoms with E-state index in [1.807, 2.05) is 67.5 Å². The van der Waals surface area contributed by atoms with E-state index in [2.05, 4.69) is 25.8 Å². The van der Waals surface area contributed by atoms with Crippen molar-refractivity contribution in [2.24, 2.45) is 0 Å². The summed E-state index contributed by atoms with van der Waals surface area (Å²) in [6.07, 6.45) is 1.56. The molecule has 0 unspecified atom stereocenters. The van der Waals surface area contributed by atoms with Crippen molar-refractivity contribution in [1.82, 2.24) is 15.2 Å². The van der Waals surface area contributed by atoms with E-state index < -0.39 is 0 Å². The highest BCUT2D eigenvalue weighted by molar-refractivity contribution is 5.65. The van der Waals surface area contributed by atoms with E-state index in [0.29, 0.717) is 11.8 Å². The van der Waals surface area contributed by atoms with E-state index in [4.69, 9.17) is 4.74 Å². The molecule has 128 valence electrons. The van der Waals surface area contributed by atoms with Gasteiger partial charge in [-0.15, -0.1) is 5.10 Å². The van der Waals surface area contributed by atoms with Gasteiger partial charge < -0.3 is 20.3 Å². The zero-order chi connectivity index (χ0) is 17.6. The fourth-order valence-corrected chi connectivity index (χ4v) is 2.27.